The molecule has 3 nitrogen and oxygen atoms in total. The highest BCUT2D eigenvalue weighted by Gasteiger charge is 2.06. The number of hydrogen-bond acceptors (Lipinski definition) is 3. The van der Waals surface area contributed by atoms with Crippen molar-refractivity contribution in [1.29, 1.82) is 0 Å². The molecule has 0 aromatic carbocycles. The van der Waals surface area contributed by atoms with E-state index < -0.39 is 0 Å². The number of pyridine rings is 1. The molecule has 2 aromatic heterocycles. The molecule has 0 amide bonds. The maximum absolute atomic E-state index is 4.11. The van der Waals surface area contributed by atoms with E-state index in [-0.39, 0.29) is 0 Å². The van der Waals surface area contributed by atoms with Crippen LogP contribution in [0.1, 0.15) is 13.8 Å². The van der Waals surface area contributed by atoms with Crippen molar-refractivity contribution in [3.05, 3.63) is 24.4 Å². The van der Waals surface area contributed by atoms with Crippen molar-refractivity contribution in [1.82, 2.24) is 14.6 Å². The fourth-order valence-corrected chi connectivity index (χ4v) is 1.89. The smallest absolute Gasteiger partial charge is 0.195 e. The van der Waals surface area contributed by atoms with Gasteiger partial charge in [-0.2, -0.15) is 0 Å². The molecule has 0 saturated carbocycles. The van der Waals surface area contributed by atoms with Crippen LogP contribution in [0.25, 0.3) is 5.65 Å². The molecule has 2 aromatic rings. The molecule has 0 radical (unpaired) electrons. The zero-order valence-corrected chi connectivity index (χ0v) is 8.45. The molecular formula is C9H11N3S. The third-order valence-corrected chi connectivity index (χ3v) is 2.58. The van der Waals surface area contributed by atoms with Gasteiger partial charge >= 0.3 is 0 Å². The second-order valence-electron chi connectivity index (χ2n) is 3.08. The number of aromatic nitrogens is 3. The van der Waals surface area contributed by atoms with E-state index in [2.05, 4.69) is 24.0 Å². The van der Waals surface area contributed by atoms with Gasteiger partial charge in [-0.1, -0.05) is 31.7 Å². The van der Waals surface area contributed by atoms with Crippen molar-refractivity contribution < 1.29 is 0 Å². The molecule has 2 rings (SSSR count). The van der Waals surface area contributed by atoms with Gasteiger partial charge in [0.1, 0.15) is 0 Å². The first-order valence-electron chi connectivity index (χ1n) is 4.24. The fraction of sp³-hybridized carbons (Fsp3) is 0.333. The Hall–Kier alpha value is -1.03. The summed E-state index contributed by atoms with van der Waals surface area (Å²) in [6.45, 7) is 4.30. The fourth-order valence-electron chi connectivity index (χ4n) is 1.11. The largest absolute Gasteiger partial charge is 0.277 e. The Morgan fingerprint density at radius 1 is 1.31 bits per heavy atom. The summed E-state index contributed by atoms with van der Waals surface area (Å²) in [6.07, 6.45) is 1.99. The normalized spacial score (nSPS) is 11.3. The van der Waals surface area contributed by atoms with Gasteiger partial charge in [-0.25, -0.2) is 0 Å². The average molecular weight is 193 g/mol. The molecule has 0 saturated heterocycles. The summed E-state index contributed by atoms with van der Waals surface area (Å²) in [7, 11) is 0. The monoisotopic (exact) mass is 193 g/mol. The van der Waals surface area contributed by atoms with Crippen LogP contribution in [0.5, 0.6) is 0 Å². The highest BCUT2D eigenvalue weighted by atomic mass is 32.2. The van der Waals surface area contributed by atoms with E-state index in [0.29, 0.717) is 5.25 Å². The van der Waals surface area contributed by atoms with Gasteiger partial charge < -0.3 is 0 Å². The molecule has 0 unspecified atom stereocenters. The standard InChI is InChI=1S/C9H11N3S/c1-7(2)13-9-11-10-8-5-3-4-6-12(8)9/h3-7H,1-2H3. The number of thioether (sulfide) groups is 1. The van der Waals surface area contributed by atoms with E-state index in [1.807, 2.05) is 28.8 Å². The van der Waals surface area contributed by atoms with Crippen LogP contribution in [-0.2, 0) is 0 Å². The highest BCUT2D eigenvalue weighted by Crippen LogP contribution is 2.20. The van der Waals surface area contributed by atoms with Gasteiger partial charge in [0.25, 0.3) is 0 Å². The van der Waals surface area contributed by atoms with Crippen molar-refractivity contribution in [2.75, 3.05) is 0 Å². The summed E-state index contributed by atoms with van der Waals surface area (Å²) in [5.74, 6) is 0. The van der Waals surface area contributed by atoms with Gasteiger partial charge in [0, 0.05) is 11.4 Å². The maximum atomic E-state index is 4.11. The quantitative estimate of drug-likeness (QED) is 0.685. The lowest BCUT2D eigenvalue weighted by Gasteiger charge is -2.01. The SMILES string of the molecule is CC(C)Sc1nnc2ccccn12. The Morgan fingerprint density at radius 3 is 2.92 bits per heavy atom. The number of nitrogens with zero attached hydrogens (tertiary/aromatic N) is 3. The lowest BCUT2D eigenvalue weighted by atomic mass is 10.5. The molecule has 0 spiro atoms. The maximum Gasteiger partial charge on any atom is 0.195 e. The molecule has 0 aliphatic rings. The molecule has 4 heteroatoms. The van der Waals surface area contributed by atoms with Gasteiger partial charge in [-0.05, 0) is 12.1 Å². The third-order valence-electron chi connectivity index (χ3n) is 1.62. The first kappa shape index (κ1) is 8.56. The lowest BCUT2D eigenvalue weighted by Crippen LogP contribution is -1.91. The zero-order valence-electron chi connectivity index (χ0n) is 7.64. The van der Waals surface area contributed by atoms with E-state index >= 15 is 0 Å². The summed E-state index contributed by atoms with van der Waals surface area (Å²) in [6, 6.07) is 5.91. The van der Waals surface area contributed by atoms with Crippen LogP contribution in [-0.4, -0.2) is 19.8 Å². The van der Waals surface area contributed by atoms with E-state index in [9.17, 15) is 0 Å². The highest BCUT2D eigenvalue weighted by molar-refractivity contribution is 7.99. The molecule has 13 heavy (non-hydrogen) atoms. The topological polar surface area (TPSA) is 30.2 Å². The molecule has 0 bridgehead atoms. The van der Waals surface area contributed by atoms with Crippen LogP contribution in [0.2, 0.25) is 0 Å². The predicted octanol–water partition coefficient (Wildman–Crippen LogP) is 2.23. The minimum Gasteiger partial charge on any atom is -0.277 e. The van der Waals surface area contributed by atoms with Gasteiger partial charge in [-0.15, -0.1) is 10.2 Å². The van der Waals surface area contributed by atoms with Crippen LogP contribution < -0.4 is 0 Å². The zero-order chi connectivity index (χ0) is 9.26. The van der Waals surface area contributed by atoms with E-state index in [1.165, 1.54) is 0 Å². The predicted molar refractivity (Wildman–Crippen MR) is 54.0 cm³/mol. The first-order chi connectivity index (χ1) is 6.27. The van der Waals surface area contributed by atoms with Crippen molar-refractivity contribution in [2.45, 2.75) is 24.3 Å². The number of rotatable bonds is 2. The van der Waals surface area contributed by atoms with E-state index in [1.54, 1.807) is 11.8 Å². The molecule has 0 N–H and O–H groups in total. The Labute approximate surface area is 81.2 Å². The molecular weight excluding hydrogens is 182 g/mol. The van der Waals surface area contributed by atoms with Crippen LogP contribution in [0.3, 0.4) is 0 Å². The third kappa shape index (κ3) is 1.67. The van der Waals surface area contributed by atoms with Gasteiger partial charge in [-0.3, -0.25) is 4.40 Å². The Bertz CT molecular complexity index is 408. The minimum absolute atomic E-state index is 0.535. The Kier molecular flexibility index (Phi) is 2.22. The van der Waals surface area contributed by atoms with Crippen molar-refractivity contribution in [2.24, 2.45) is 0 Å². The van der Waals surface area contributed by atoms with Gasteiger partial charge in [0.15, 0.2) is 10.8 Å². The summed E-state index contributed by atoms with van der Waals surface area (Å²) in [5, 5.41) is 9.67. The minimum atomic E-state index is 0.535. The molecule has 0 aliphatic carbocycles. The first-order valence-corrected chi connectivity index (χ1v) is 5.12. The van der Waals surface area contributed by atoms with Gasteiger partial charge in [0.05, 0.1) is 0 Å². The van der Waals surface area contributed by atoms with Crippen molar-refractivity contribution in [3.8, 4) is 0 Å². The van der Waals surface area contributed by atoms with Crippen LogP contribution >= 0.6 is 11.8 Å². The summed E-state index contributed by atoms with van der Waals surface area (Å²) in [4.78, 5) is 0. The summed E-state index contributed by atoms with van der Waals surface area (Å²) >= 11 is 1.72. The molecule has 0 aliphatic heterocycles. The Balaban J connectivity index is 2.46. The van der Waals surface area contributed by atoms with Crippen LogP contribution in [0, 0.1) is 0 Å². The van der Waals surface area contributed by atoms with Crippen LogP contribution in [0.15, 0.2) is 29.6 Å². The molecule has 68 valence electrons. The number of hydrogen-bond donors (Lipinski definition) is 0. The second-order valence-corrected chi connectivity index (χ2v) is 4.62. The van der Waals surface area contributed by atoms with E-state index in [0.717, 1.165) is 10.8 Å². The molecule has 0 fully saturated rings. The van der Waals surface area contributed by atoms with Crippen LogP contribution in [0.4, 0.5) is 0 Å². The molecule has 0 atom stereocenters. The summed E-state index contributed by atoms with van der Waals surface area (Å²) < 4.78 is 2.00. The average Bonchev–Trinajstić information content (AvgIpc) is 2.48. The Morgan fingerprint density at radius 2 is 2.15 bits per heavy atom. The van der Waals surface area contributed by atoms with Gasteiger partial charge in [0.2, 0.25) is 0 Å². The van der Waals surface area contributed by atoms with E-state index in [4.69, 9.17) is 0 Å². The molecule has 2 heterocycles. The number of fused-ring (bicyclic) bond motifs is 1. The van der Waals surface area contributed by atoms with Crippen molar-refractivity contribution >= 4 is 17.4 Å². The summed E-state index contributed by atoms with van der Waals surface area (Å²) in [5.41, 5.74) is 0.908. The van der Waals surface area contributed by atoms with Crippen molar-refractivity contribution in [3.63, 3.8) is 0 Å². The second kappa shape index (κ2) is 3.38. The lowest BCUT2D eigenvalue weighted by molar-refractivity contribution is 0.912.